The molecule has 1 aromatic heterocycles. The van der Waals surface area contributed by atoms with Gasteiger partial charge >= 0.3 is 0 Å². The highest BCUT2D eigenvalue weighted by molar-refractivity contribution is 5.56. The number of rotatable bonds is 1. The molecule has 0 atom stereocenters. The molecule has 4 nitrogen and oxygen atoms in total. The Kier molecular flexibility index (Phi) is 2.65. The number of nitrogens with zero attached hydrogens (tertiary/aromatic N) is 3. The molecule has 2 rings (SSSR count). The van der Waals surface area contributed by atoms with Gasteiger partial charge in [-0.1, -0.05) is 45.0 Å². The number of aromatic nitrogens is 3. The van der Waals surface area contributed by atoms with E-state index in [0.29, 0.717) is 11.8 Å². The van der Waals surface area contributed by atoms with Gasteiger partial charge in [0.1, 0.15) is 0 Å². The van der Waals surface area contributed by atoms with Crippen LogP contribution in [0, 0.1) is 0 Å². The van der Waals surface area contributed by atoms with Gasteiger partial charge in [-0.2, -0.15) is 4.98 Å². The van der Waals surface area contributed by atoms with Gasteiger partial charge in [0.25, 0.3) is 0 Å². The van der Waals surface area contributed by atoms with E-state index in [1.54, 1.807) is 11.7 Å². The third-order valence-electron chi connectivity index (χ3n) is 2.81. The molecule has 0 saturated heterocycles. The predicted molar refractivity (Wildman–Crippen MR) is 69.6 cm³/mol. The second kappa shape index (κ2) is 3.87. The first-order chi connectivity index (χ1) is 7.88. The number of nitrogens with two attached hydrogens (primary N) is 1. The number of benzene rings is 1. The zero-order valence-electron chi connectivity index (χ0n) is 10.7. The van der Waals surface area contributed by atoms with Crippen molar-refractivity contribution in [3.05, 3.63) is 29.8 Å². The van der Waals surface area contributed by atoms with Gasteiger partial charge in [-0.05, 0) is 11.0 Å². The van der Waals surface area contributed by atoms with Crippen molar-refractivity contribution in [3.63, 3.8) is 0 Å². The maximum atomic E-state index is 5.67. The van der Waals surface area contributed by atoms with E-state index in [2.05, 4.69) is 43.0 Å². The van der Waals surface area contributed by atoms with Crippen LogP contribution in [-0.4, -0.2) is 14.8 Å². The van der Waals surface area contributed by atoms with Crippen LogP contribution in [0.25, 0.3) is 11.4 Å². The molecule has 17 heavy (non-hydrogen) atoms. The van der Waals surface area contributed by atoms with Crippen molar-refractivity contribution in [2.24, 2.45) is 7.05 Å². The molecule has 1 aromatic carbocycles. The number of nitrogen functional groups attached to an aromatic ring is 1. The molecule has 0 aliphatic rings. The van der Waals surface area contributed by atoms with Crippen LogP contribution in [0.1, 0.15) is 26.3 Å². The van der Waals surface area contributed by atoms with E-state index >= 15 is 0 Å². The lowest BCUT2D eigenvalue weighted by Gasteiger charge is -2.18. The van der Waals surface area contributed by atoms with Crippen LogP contribution in [0.2, 0.25) is 0 Å². The minimum atomic E-state index is 0.162. The lowest BCUT2D eigenvalue weighted by atomic mass is 9.87. The summed E-state index contributed by atoms with van der Waals surface area (Å²) in [5, 5.41) is 4.25. The van der Waals surface area contributed by atoms with Crippen molar-refractivity contribution in [1.29, 1.82) is 0 Å². The average molecular weight is 230 g/mol. The van der Waals surface area contributed by atoms with Crippen LogP contribution >= 0.6 is 0 Å². The fraction of sp³-hybridized carbons (Fsp3) is 0.385. The Morgan fingerprint density at radius 1 is 1.12 bits per heavy atom. The van der Waals surface area contributed by atoms with Crippen LogP contribution in [0.4, 0.5) is 5.95 Å². The van der Waals surface area contributed by atoms with Crippen molar-refractivity contribution >= 4 is 5.95 Å². The van der Waals surface area contributed by atoms with E-state index in [4.69, 9.17) is 5.73 Å². The highest BCUT2D eigenvalue weighted by Gasteiger charge is 2.14. The second-order valence-corrected chi connectivity index (χ2v) is 5.24. The maximum absolute atomic E-state index is 5.67. The molecular weight excluding hydrogens is 212 g/mol. The van der Waals surface area contributed by atoms with E-state index < -0.39 is 0 Å². The molecule has 0 bridgehead atoms. The fourth-order valence-corrected chi connectivity index (χ4v) is 1.64. The Balaban J connectivity index is 2.36. The molecule has 0 fully saturated rings. The van der Waals surface area contributed by atoms with E-state index in [9.17, 15) is 0 Å². The van der Waals surface area contributed by atoms with Gasteiger partial charge in [-0.25, -0.2) is 4.68 Å². The standard InChI is InChI=1S/C13H18N4/c1-13(2,3)10-7-5-9(6-8-10)11-15-12(14)17(4)16-11/h5-8H,1-4H3,(H2,14,15,16). The Labute approximate surface area is 101 Å². The minimum Gasteiger partial charge on any atom is -0.368 e. The van der Waals surface area contributed by atoms with Gasteiger partial charge in [-0.15, -0.1) is 5.10 Å². The minimum absolute atomic E-state index is 0.162. The molecule has 0 saturated carbocycles. The molecule has 0 radical (unpaired) electrons. The summed E-state index contributed by atoms with van der Waals surface area (Å²) < 4.78 is 1.58. The Morgan fingerprint density at radius 2 is 1.71 bits per heavy atom. The van der Waals surface area contributed by atoms with Crippen LogP contribution in [0.3, 0.4) is 0 Å². The van der Waals surface area contributed by atoms with Crippen molar-refractivity contribution in [1.82, 2.24) is 14.8 Å². The van der Waals surface area contributed by atoms with E-state index in [1.165, 1.54) is 5.56 Å². The van der Waals surface area contributed by atoms with Crippen molar-refractivity contribution in [3.8, 4) is 11.4 Å². The zero-order valence-corrected chi connectivity index (χ0v) is 10.7. The molecule has 0 aliphatic heterocycles. The number of aryl methyl sites for hydroxylation is 1. The van der Waals surface area contributed by atoms with Crippen LogP contribution in [0.5, 0.6) is 0 Å². The van der Waals surface area contributed by atoms with E-state index in [0.717, 1.165) is 5.56 Å². The predicted octanol–water partition coefficient (Wildman–Crippen LogP) is 2.36. The monoisotopic (exact) mass is 230 g/mol. The van der Waals surface area contributed by atoms with Gasteiger partial charge in [-0.3, -0.25) is 0 Å². The van der Waals surface area contributed by atoms with Gasteiger partial charge < -0.3 is 5.73 Å². The Bertz CT molecular complexity index is 498. The summed E-state index contributed by atoms with van der Waals surface area (Å²) >= 11 is 0. The van der Waals surface area contributed by atoms with Crippen LogP contribution in [-0.2, 0) is 12.5 Å². The molecule has 0 spiro atoms. The van der Waals surface area contributed by atoms with Gasteiger partial charge in [0.05, 0.1) is 0 Å². The number of anilines is 1. The van der Waals surface area contributed by atoms with Gasteiger partial charge in [0.2, 0.25) is 5.95 Å². The van der Waals surface area contributed by atoms with Crippen molar-refractivity contribution < 1.29 is 0 Å². The summed E-state index contributed by atoms with van der Waals surface area (Å²) in [5.74, 6) is 1.10. The first kappa shape index (κ1) is 11.6. The lowest BCUT2D eigenvalue weighted by molar-refractivity contribution is 0.590. The third kappa shape index (κ3) is 2.30. The Morgan fingerprint density at radius 3 is 2.12 bits per heavy atom. The largest absolute Gasteiger partial charge is 0.368 e. The molecule has 0 amide bonds. The summed E-state index contributed by atoms with van der Waals surface area (Å²) in [6.07, 6.45) is 0. The van der Waals surface area contributed by atoms with Crippen LogP contribution < -0.4 is 5.73 Å². The molecule has 90 valence electrons. The molecular formula is C13H18N4. The smallest absolute Gasteiger partial charge is 0.218 e. The SMILES string of the molecule is Cn1nc(-c2ccc(C(C)(C)C)cc2)nc1N. The van der Waals surface area contributed by atoms with E-state index in [1.807, 2.05) is 12.1 Å². The topological polar surface area (TPSA) is 56.7 Å². The number of hydrogen-bond donors (Lipinski definition) is 1. The quantitative estimate of drug-likeness (QED) is 0.818. The highest BCUT2D eigenvalue weighted by atomic mass is 15.4. The highest BCUT2D eigenvalue weighted by Crippen LogP contribution is 2.24. The molecule has 2 aromatic rings. The molecule has 4 heteroatoms. The first-order valence-electron chi connectivity index (χ1n) is 5.65. The normalized spacial score (nSPS) is 11.8. The van der Waals surface area contributed by atoms with Gasteiger partial charge in [0.15, 0.2) is 5.82 Å². The average Bonchev–Trinajstić information content (AvgIpc) is 2.58. The summed E-state index contributed by atoms with van der Waals surface area (Å²) in [7, 11) is 1.79. The van der Waals surface area contributed by atoms with Gasteiger partial charge in [0, 0.05) is 12.6 Å². The second-order valence-electron chi connectivity index (χ2n) is 5.24. The first-order valence-corrected chi connectivity index (χ1v) is 5.65. The summed E-state index contributed by atoms with van der Waals surface area (Å²) in [4.78, 5) is 4.20. The van der Waals surface area contributed by atoms with Crippen LogP contribution in [0.15, 0.2) is 24.3 Å². The fourth-order valence-electron chi connectivity index (χ4n) is 1.64. The summed E-state index contributed by atoms with van der Waals surface area (Å²) in [5.41, 5.74) is 8.12. The summed E-state index contributed by atoms with van der Waals surface area (Å²) in [6, 6.07) is 8.30. The summed E-state index contributed by atoms with van der Waals surface area (Å²) in [6.45, 7) is 6.58. The maximum Gasteiger partial charge on any atom is 0.218 e. The molecule has 2 N–H and O–H groups in total. The molecule has 1 heterocycles. The van der Waals surface area contributed by atoms with Crippen molar-refractivity contribution in [2.45, 2.75) is 26.2 Å². The Hall–Kier alpha value is -1.84. The van der Waals surface area contributed by atoms with Crippen molar-refractivity contribution in [2.75, 3.05) is 5.73 Å². The lowest BCUT2D eigenvalue weighted by Crippen LogP contribution is -2.10. The molecule has 0 aliphatic carbocycles. The molecule has 0 unspecified atom stereocenters. The van der Waals surface area contributed by atoms with E-state index in [-0.39, 0.29) is 5.41 Å². The third-order valence-corrected chi connectivity index (χ3v) is 2.81. The zero-order chi connectivity index (χ0) is 12.6. The number of hydrogen-bond acceptors (Lipinski definition) is 3.